The standard InChI is InChI=1S/C13H12BrIN4OS/c1-2-19-7-8(14)11(18-19)12(20)17-13(21)16-10-6-4-3-5-9(10)15/h3-7H,2H2,1H3,(H2,16,17,20,21). The third-order valence-corrected chi connectivity index (χ3v) is 4.33. The highest BCUT2D eigenvalue weighted by Crippen LogP contribution is 2.17. The second-order valence-corrected chi connectivity index (χ2v) is 6.49. The third kappa shape index (κ3) is 4.24. The summed E-state index contributed by atoms with van der Waals surface area (Å²) in [5.74, 6) is -0.350. The highest BCUT2D eigenvalue weighted by atomic mass is 127. The summed E-state index contributed by atoms with van der Waals surface area (Å²) in [6.07, 6.45) is 1.76. The lowest BCUT2D eigenvalue weighted by molar-refractivity contribution is 0.0971. The van der Waals surface area contributed by atoms with Gasteiger partial charge >= 0.3 is 0 Å². The van der Waals surface area contributed by atoms with Crippen molar-refractivity contribution >= 4 is 67.4 Å². The topological polar surface area (TPSA) is 59.0 Å². The summed E-state index contributed by atoms with van der Waals surface area (Å²) in [6, 6.07) is 7.67. The number of aryl methyl sites for hydroxylation is 1. The zero-order valence-corrected chi connectivity index (χ0v) is 15.6. The number of thiocarbonyl (C=S) groups is 1. The van der Waals surface area contributed by atoms with Gasteiger partial charge < -0.3 is 5.32 Å². The predicted molar refractivity (Wildman–Crippen MR) is 98.4 cm³/mol. The molecule has 1 heterocycles. The number of para-hydroxylation sites is 1. The second-order valence-electron chi connectivity index (χ2n) is 4.07. The van der Waals surface area contributed by atoms with E-state index < -0.39 is 0 Å². The first kappa shape index (κ1) is 16.4. The maximum absolute atomic E-state index is 12.1. The normalized spacial score (nSPS) is 10.2. The van der Waals surface area contributed by atoms with E-state index in [9.17, 15) is 4.79 Å². The quantitative estimate of drug-likeness (QED) is 0.524. The SMILES string of the molecule is CCn1cc(Br)c(C(=O)NC(=S)Nc2ccccc2I)n1. The van der Waals surface area contributed by atoms with Crippen LogP contribution in [0.2, 0.25) is 0 Å². The van der Waals surface area contributed by atoms with Gasteiger partial charge in [-0.3, -0.25) is 14.8 Å². The maximum atomic E-state index is 12.1. The Morgan fingerprint density at radius 1 is 1.48 bits per heavy atom. The molecule has 2 aromatic rings. The lowest BCUT2D eigenvalue weighted by Gasteiger charge is -2.10. The molecule has 0 saturated heterocycles. The predicted octanol–water partition coefficient (Wildman–Crippen LogP) is 3.40. The van der Waals surface area contributed by atoms with Gasteiger partial charge in [0.25, 0.3) is 5.91 Å². The maximum Gasteiger partial charge on any atom is 0.279 e. The molecule has 8 heteroatoms. The Hall–Kier alpha value is -1.000. The smallest absolute Gasteiger partial charge is 0.279 e. The fourth-order valence-corrected chi connectivity index (χ4v) is 2.81. The van der Waals surface area contributed by atoms with Crippen molar-refractivity contribution < 1.29 is 4.79 Å². The summed E-state index contributed by atoms with van der Waals surface area (Å²) in [5, 5.41) is 10.0. The van der Waals surface area contributed by atoms with Crippen LogP contribution >= 0.6 is 50.7 Å². The fraction of sp³-hybridized carbons (Fsp3) is 0.154. The molecular weight excluding hydrogens is 467 g/mol. The van der Waals surface area contributed by atoms with E-state index in [0.717, 1.165) is 9.26 Å². The van der Waals surface area contributed by atoms with Gasteiger partial charge in [-0.2, -0.15) is 5.10 Å². The number of nitrogens with zero attached hydrogens (tertiary/aromatic N) is 2. The van der Waals surface area contributed by atoms with Gasteiger partial charge in [-0.15, -0.1) is 0 Å². The molecule has 0 bridgehead atoms. The molecule has 0 aliphatic rings. The molecule has 0 spiro atoms. The zero-order valence-electron chi connectivity index (χ0n) is 11.1. The summed E-state index contributed by atoms with van der Waals surface area (Å²) in [4.78, 5) is 12.1. The molecule has 1 aromatic heterocycles. The minimum absolute atomic E-state index is 0.238. The van der Waals surface area contributed by atoms with Crippen molar-refractivity contribution in [3.05, 3.63) is 44.2 Å². The number of anilines is 1. The van der Waals surface area contributed by atoms with Crippen LogP contribution in [0.3, 0.4) is 0 Å². The van der Waals surface area contributed by atoms with Crippen molar-refractivity contribution in [1.29, 1.82) is 0 Å². The Morgan fingerprint density at radius 3 is 2.81 bits per heavy atom. The van der Waals surface area contributed by atoms with E-state index in [1.165, 1.54) is 0 Å². The third-order valence-electron chi connectivity index (χ3n) is 2.61. The highest BCUT2D eigenvalue weighted by Gasteiger charge is 2.16. The summed E-state index contributed by atoms with van der Waals surface area (Å²) >= 11 is 10.7. The first-order valence-electron chi connectivity index (χ1n) is 6.11. The number of rotatable bonds is 3. The molecule has 0 atom stereocenters. The first-order valence-corrected chi connectivity index (χ1v) is 8.39. The zero-order chi connectivity index (χ0) is 15.4. The minimum atomic E-state index is -0.350. The van der Waals surface area contributed by atoms with Gasteiger partial charge in [-0.25, -0.2) is 0 Å². The van der Waals surface area contributed by atoms with Crippen molar-refractivity contribution in [1.82, 2.24) is 15.1 Å². The molecule has 2 rings (SSSR count). The molecule has 110 valence electrons. The van der Waals surface area contributed by atoms with Crippen molar-refractivity contribution in [3.8, 4) is 0 Å². The number of hydrogen-bond donors (Lipinski definition) is 2. The van der Waals surface area contributed by atoms with E-state index in [4.69, 9.17) is 12.2 Å². The molecule has 21 heavy (non-hydrogen) atoms. The van der Waals surface area contributed by atoms with Crippen molar-refractivity contribution in [2.45, 2.75) is 13.5 Å². The van der Waals surface area contributed by atoms with Gasteiger partial charge in [0.1, 0.15) is 0 Å². The Kier molecular flexibility index (Phi) is 5.71. The van der Waals surface area contributed by atoms with Gasteiger partial charge in [0.05, 0.1) is 10.2 Å². The van der Waals surface area contributed by atoms with E-state index in [0.29, 0.717) is 16.7 Å². The largest absolute Gasteiger partial charge is 0.332 e. The summed E-state index contributed by atoms with van der Waals surface area (Å²) in [5.41, 5.74) is 1.16. The summed E-state index contributed by atoms with van der Waals surface area (Å²) in [6.45, 7) is 2.64. The molecule has 0 aliphatic carbocycles. The van der Waals surface area contributed by atoms with Crippen LogP contribution in [0.5, 0.6) is 0 Å². The van der Waals surface area contributed by atoms with Crippen LogP contribution in [0.25, 0.3) is 0 Å². The summed E-state index contributed by atoms with van der Waals surface area (Å²) in [7, 11) is 0. The Morgan fingerprint density at radius 2 is 2.19 bits per heavy atom. The lowest BCUT2D eigenvalue weighted by atomic mass is 10.3. The molecule has 2 N–H and O–H groups in total. The van der Waals surface area contributed by atoms with Crippen LogP contribution in [0, 0.1) is 3.57 Å². The molecule has 0 fully saturated rings. The van der Waals surface area contributed by atoms with Crippen molar-refractivity contribution in [3.63, 3.8) is 0 Å². The second kappa shape index (κ2) is 7.32. The van der Waals surface area contributed by atoms with Gasteiger partial charge in [-0.1, -0.05) is 12.1 Å². The van der Waals surface area contributed by atoms with Crippen LogP contribution in [-0.2, 0) is 6.54 Å². The number of aromatic nitrogens is 2. The monoisotopic (exact) mass is 478 g/mol. The molecular formula is C13H12BrIN4OS. The molecule has 0 unspecified atom stereocenters. The first-order chi connectivity index (χ1) is 10.0. The van der Waals surface area contributed by atoms with Gasteiger partial charge in [-0.05, 0) is 69.8 Å². The van der Waals surface area contributed by atoms with Gasteiger partial charge in [0.2, 0.25) is 0 Å². The number of hydrogen-bond acceptors (Lipinski definition) is 3. The van der Waals surface area contributed by atoms with Crippen LogP contribution < -0.4 is 10.6 Å². The highest BCUT2D eigenvalue weighted by molar-refractivity contribution is 14.1. The molecule has 1 amide bonds. The van der Waals surface area contributed by atoms with E-state index in [-0.39, 0.29) is 11.0 Å². The number of benzene rings is 1. The lowest BCUT2D eigenvalue weighted by Crippen LogP contribution is -2.34. The van der Waals surface area contributed by atoms with Gasteiger partial charge in [0, 0.05) is 16.3 Å². The molecule has 0 saturated carbocycles. The number of nitrogens with one attached hydrogen (secondary N) is 2. The van der Waals surface area contributed by atoms with Crippen LogP contribution in [-0.4, -0.2) is 20.8 Å². The van der Waals surface area contributed by atoms with Crippen molar-refractivity contribution in [2.24, 2.45) is 0 Å². The Balaban J connectivity index is 2.04. The van der Waals surface area contributed by atoms with E-state index >= 15 is 0 Å². The fourth-order valence-electron chi connectivity index (χ4n) is 1.59. The number of carbonyl (C=O) groups is 1. The molecule has 0 aliphatic heterocycles. The molecule has 0 radical (unpaired) electrons. The van der Waals surface area contributed by atoms with Crippen LogP contribution in [0.1, 0.15) is 17.4 Å². The number of carbonyl (C=O) groups excluding carboxylic acids is 1. The van der Waals surface area contributed by atoms with Crippen LogP contribution in [0.4, 0.5) is 5.69 Å². The summed E-state index contributed by atoms with van der Waals surface area (Å²) < 4.78 is 3.33. The minimum Gasteiger partial charge on any atom is -0.332 e. The number of halogens is 2. The van der Waals surface area contributed by atoms with Crippen LogP contribution in [0.15, 0.2) is 34.9 Å². The average molecular weight is 479 g/mol. The van der Waals surface area contributed by atoms with E-state index in [1.54, 1.807) is 10.9 Å². The Labute approximate surface area is 149 Å². The average Bonchev–Trinajstić information content (AvgIpc) is 2.82. The van der Waals surface area contributed by atoms with Crippen molar-refractivity contribution in [2.75, 3.05) is 5.32 Å². The van der Waals surface area contributed by atoms with E-state index in [1.807, 2.05) is 31.2 Å². The molecule has 1 aromatic carbocycles. The molecule has 5 nitrogen and oxygen atoms in total. The van der Waals surface area contributed by atoms with Gasteiger partial charge in [0.15, 0.2) is 10.8 Å². The number of amides is 1. The van der Waals surface area contributed by atoms with E-state index in [2.05, 4.69) is 54.3 Å². The Bertz CT molecular complexity index is 689.